The number of rotatable bonds is 4. The van der Waals surface area contributed by atoms with Crippen LogP contribution < -0.4 is 11.1 Å². The van der Waals surface area contributed by atoms with E-state index < -0.39 is 17.4 Å². The molecule has 0 aliphatic carbocycles. The molecule has 1 aromatic rings. The Kier molecular flexibility index (Phi) is 4.23. The summed E-state index contributed by atoms with van der Waals surface area (Å²) in [5.74, 6) is -1.39. The van der Waals surface area contributed by atoms with E-state index >= 15 is 0 Å². The van der Waals surface area contributed by atoms with Gasteiger partial charge in [-0.1, -0.05) is 38.1 Å². The highest BCUT2D eigenvalue weighted by molar-refractivity contribution is 6.21. The minimum absolute atomic E-state index is 0.285. The zero-order valence-corrected chi connectivity index (χ0v) is 12.6. The molecular weight excluding hydrogens is 266 g/mol. The van der Waals surface area contributed by atoms with E-state index in [1.807, 2.05) is 39.0 Å². The van der Waals surface area contributed by atoms with Gasteiger partial charge in [0.15, 0.2) is 0 Å². The second-order valence-corrected chi connectivity index (χ2v) is 5.44. The molecule has 0 radical (unpaired) electrons. The first-order valence-corrected chi connectivity index (χ1v) is 7.21. The molecule has 0 fully saturated rings. The van der Waals surface area contributed by atoms with Gasteiger partial charge in [0, 0.05) is 0 Å². The molecule has 21 heavy (non-hydrogen) atoms. The van der Waals surface area contributed by atoms with E-state index in [1.165, 1.54) is 0 Å². The Balaban J connectivity index is 2.40. The summed E-state index contributed by atoms with van der Waals surface area (Å²) in [5.41, 5.74) is 7.04. The summed E-state index contributed by atoms with van der Waals surface area (Å²) in [6.07, 6.45) is 1.20. The molecule has 3 N–H and O–H groups in total. The number of aliphatic imine (C=N–C) groups is 1. The monoisotopic (exact) mass is 287 g/mol. The van der Waals surface area contributed by atoms with E-state index in [9.17, 15) is 9.59 Å². The minimum atomic E-state index is -0.882. The third-order valence-corrected chi connectivity index (χ3v) is 4.21. The molecule has 0 spiro atoms. The van der Waals surface area contributed by atoms with Gasteiger partial charge in [-0.05, 0) is 30.9 Å². The van der Waals surface area contributed by atoms with Crippen molar-refractivity contribution in [3.8, 4) is 0 Å². The molecule has 112 valence electrons. The van der Waals surface area contributed by atoms with E-state index in [4.69, 9.17) is 5.73 Å². The highest BCUT2D eigenvalue weighted by Crippen LogP contribution is 2.25. The maximum atomic E-state index is 12.4. The Hall–Kier alpha value is -2.01. The van der Waals surface area contributed by atoms with Gasteiger partial charge in [0.1, 0.15) is 11.8 Å². The van der Waals surface area contributed by atoms with Crippen molar-refractivity contribution in [3.63, 3.8) is 0 Å². The lowest BCUT2D eigenvalue weighted by Crippen LogP contribution is -2.58. The fourth-order valence-electron chi connectivity index (χ4n) is 2.51. The van der Waals surface area contributed by atoms with E-state index in [2.05, 4.69) is 10.3 Å². The molecule has 5 nitrogen and oxygen atoms in total. The molecule has 2 rings (SSSR count). The fourth-order valence-corrected chi connectivity index (χ4v) is 2.51. The Bertz CT molecular complexity index is 603. The van der Waals surface area contributed by atoms with Crippen LogP contribution in [0.3, 0.4) is 0 Å². The smallest absolute Gasteiger partial charge is 0.264 e. The van der Waals surface area contributed by atoms with E-state index in [0.29, 0.717) is 18.4 Å². The Morgan fingerprint density at radius 3 is 2.38 bits per heavy atom. The van der Waals surface area contributed by atoms with Crippen molar-refractivity contribution in [2.24, 2.45) is 10.7 Å². The quantitative estimate of drug-likeness (QED) is 0.826. The Labute approximate surface area is 124 Å². The molecule has 0 saturated carbocycles. The summed E-state index contributed by atoms with van der Waals surface area (Å²) in [7, 11) is 0. The second-order valence-electron chi connectivity index (χ2n) is 5.44. The summed E-state index contributed by atoms with van der Waals surface area (Å²) in [6, 6.07) is 7.35. The van der Waals surface area contributed by atoms with Gasteiger partial charge < -0.3 is 11.1 Å². The highest BCUT2D eigenvalue weighted by Gasteiger charge is 2.39. The van der Waals surface area contributed by atoms with Crippen LogP contribution >= 0.6 is 0 Å². The highest BCUT2D eigenvalue weighted by atomic mass is 16.2. The van der Waals surface area contributed by atoms with E-state index in [1.54, 1.807) is 6.07 Å². The molecule has 1 aliphatic heterocycles. The van der Waals surface area contributed by atoms with Crippen molar-refractivity contribution in [2.75, 3.05) is 0 Å². The maximum absolute atomic E-state index is 12.4. The van der Waals surface area contributed by atoms with Crippen LogP contribution in [0.5, 0.6) is 0 Å². The summed E-state index contributed by atoms with van der Waals surface area (Å²) >= 11 is 0. The predicted molar refractivity (Wildman–Crippen MR) is 82.0 cm³/mol. The van der Waals surface area contributed by atoms with E-state index in [-0.39, 0.29) is 11.7 Å². The molecule has 5 heteroatoms. The second kappa shape index (κ2) is 5.77. The van der Waals surface area contributed by atoms with Crippen molar-refractivity contribution < 1.29 is 9.59 Å². The molecule has 1 unspecified atom stereocenters. The topological polar surface area (TPSA) is 84.5 Å². The van der Waals surface area contributed by atoms with Crippen LogP contribution in [0.4, 0.5) is 0 Å². The minimum Gasteiger partial charge on any atom is -0.319 e. The SMILES string of the molecule is CCC(N)(CC)C1=NC(=O)C(c2ccccc2C)C(=O)N1. The van der Waals surface area contributed by atoms with Crippen LogP contribution in [0.15, 0.2) is 29.3 Å². The lowest BCUT2D eigenvalue weighted by atomic mass is 9.88. The van der Waals surface area contributed by atoms with Crippen LogP contribution in [0.25, 0.3) is 0 Å². The largest absolute Gasteiger partial charge is 0.319 e. The van der Waals surface area contributed by atoms with Gasteiger partial charge in [-0.3, -0.25) is 9.59 Å². The average Bonchev–Trinajstić information content (AvgIpc) is 2.47. The van der Waals surface area contributed by atoms with E-state index in [0.717, 1.165) is 5.56 Å². The fraction of sp³-hybridized carbons (Fsp3) is 0.438. The molecule has 0 aromatic heterocycles. The molecule has 1 heterocycles. The van der Waals surface area contributed by atoms with Crippen LogP contribution in [-0.2, 0) is 9.59 Å². The number of hydrogen-bond donors (Lipinski definition) is 2. The van der Waals surface area contributed by atoms with Crippen molar-refractivity contribution >= 4 is 17.6 Å². The molecule has 1 aliphatic rings. The van der Waals surface area contributed by atoms with Crippen molar-refractivity contribution in [2.45, 2.75) is 45.1 Å². The number of carbonyl (C=O) groups is 2. The van der Waals surface area contributed by atoms with Gasteiger partial charge >= 0.3 is 0 Å². The molecule has 2 amide bonds. The lowest BCUT2D eigenvalue weighted by molar-refractivity contribution is -0.130. The van der Waals surface area contributed by atoms with Gasteiger partial charge in [-0.15, -0.1) is 0 Å². The summed E-state index contributed by atoms with van der Waals surface area (Å²) in [6.45, 7) is 5.70. The molecule has 1 aromatic carbocycles. The number of amidine groups is 1. The summed E-state index contributed by atoms with van der Waals surface area (Å²) in [4.78, 5) is 28.8. The third-order valence-electron chi connectivity index (χ3n) is 4.21. The summed E-state index contributed by atoms with van der Waals surface area (Å²) < 4.78 is 0. The van der Waals surface area contributed by atoms with Gasteiger partial charge in [-0.2, -0.15) is 4.99 Å². The molecule has 1 atom stereocenters. The Morgan fingerprint density at radius 2 is 1.86 bits per heavy atom. The molecule has 0 saturated heterocycles. The van der Waals surface area contributed by atoms with Crippen LogP contribution in [0.2, 0.25) is 0 Å². The first-order chi connectivity index (χ1) is 9.92. The van der Waals surface area contributed by atoms with Gasteiger partial charge in [0.2, 0.25) is 5.91 Å². The van der Waals surface area contributed by atoms with Gasteiger partial charge in [-0.25, -0.2) is 0 Å². The number of nitrogens with one attached hydrogen (secondary N) is 1. The lowest BCUT2D eigenvalue weighted by Gasteiger charge is -2.32. The number of amides is 2. The number of hydrogen-bond acceptors (Lipinski definition) is 3. The van der Waals surface area contributed by atoms with Gasteiger partial charge in [0.25, 0.3) is 5.91 Å². The predicted octanol–water partition coefficient (Wildman–Crippen LogP) is 1.65. The number of carbonyl (C=O) groups excluding carboxylic acids is 2. The molecule has 0 bridgehead atoms. The van der Waals surface area contributed by atoms with Crippen molar-refractivity contribution in [1.29, 1.82) is 0 Å². The van der Waals surface area contributed by atoms with Gasteiger partial charge in [0.05, 0.1) is 5.54 Å². The number of benzene rings is 1. The van der Waals surface area contributed by atoms with Crippen LogP contribution in [0, 0.1) is 6.92 Å². The zero-order chi connectivity index (χ0) is 15.6. The van der Waals surface area contributed by atoms with Crippen molar-refractivity contribution in [1.82, 2.24) is 5.32 Å². The summed E-state index contributed by atoms with van der Waals surface area (Å²) in [5, 5.41) is 2.73. The third kappa shape index (κ3) is 2.74. The number of nitrogens with two attached hydrogens (primary N) is 1. The van der Waals surface area contributed by atoms with Crippen LogP contribution in [-0.4, -0.2) is 23.2 Å². The van der Waals surface area contributed by atoms with Crippen molar-refractivity contribution in [3.05, 3.63) is 35.4 Å². The average molecular weight is 287 g/mol. The molecular formula is C16H21N3O2. The Morgan fingerprint density at radius 1 is 1.24 bits per heavy atom. The normalized spacial score (nSPS) is 19.2. The number of nitrogens with zero attached hydrogens (tertiary/aromatic N) is 1. The standard InChI is InChI=1S/C16H21N3O2/c1-4-16(17,5-2)15-18-13(20)12(14(21)19-15)11-9-7-6-8-10(11)3/h6-9,12H,4-5,17H2,1-3H3,(H,18,19,20,21). The first kappa shape index (κ1) is 15.4. The zero-order valence-electron chi connectivity index (χ0n) is 12.6. The first-order valence-electron chi connectivity index (χ1n) is 7.21. The number of aryl methyl sites for hydroxylation is 1. The van der Waals surface area contributed by atoms with Crippen LogP contribution in [0.1, 0.15) is 43.7 Å². The maximum Gasteiger partial charge on any atom is 0.264 e.